The number of methoxy groups -OCH3 is 1. The van der Waals surface area contributed by atoms with Crippen LogP contribution in [0.15, 0.2) is 46.9 Å². The van der Waals surface area contributed by atoms with Crippen LogP contribution in [0.2, 0.25) is 5.02 Å². The highest BCUT2D eigenvalue weighted by Crippen LogP contribution is 2.27. The number of carbonyl (C=O) groups is 1. The van der Waals surface area contributed by atoms with Gasteiger partial charge in [0.25, 0.3) is 0 Å². The van der Waals surface area contributed by atoms with Gasteiger partial charge >= 0.3 is 0 Å². The number of anilines is 1. The summed E-state index contributed by atoms with van der Waals surface area (Å²) < 4.78 is 10.5. The quantitative estimate of drug-likeness (QED) is 0.796. The number of hydrogen-bond acceptors (Lipinski definition) is 4. The Morgan fingerprint density at radius 1 is 1.32 bits per heavy atom. The molecule has 0 aliphatic rings. The molecule has 2 aromatic carbocycles. The number of nitrogens with zero attached hydrogens (tertiary/aromatic N) is 1. The van der Waals surface area contributed by atoms with E-state index in [-0.39, 0.29) is 12.5 Å². The number of fused-ring (bicyclic) bond motifs is 1. The first-order valence-corrected chi connectivity index (χ1v) is 6.99. The van der Waals surface area contributed by atoms with E-state index in [0.717, 1.165) is 5.56 Å². The molecule has 3 aromatic rings. The van der Waals surface area contributed by atoms with E-state index in [1.165, 1.54) is 7.11 Å². The number of amides is 1. The molecule has 0 aliphatic carbocycles. The van der Waals surface area contributed by atoms with Crippen LogP contribution in [-0.4, -0.2) is 24.6 Å². The smallest absolute Gasteiger partial charge is 0.250 e. The first-order chi connectivity index (χ1) is 10.7. The van der Waals surface area contributed by atoms with Crippen molar-refractivity contribution in [2.24, 2.45) is 0 Å². The fourth-order valence-electron chi connectivity index (χ4n) is 2.08. The van der Waals surface area contributed by atoms with Crippen molar-refractivity contribution in [1.29, 1.82) is 0 Å². The van der Waals surface area contributed by atoms with E-state index in [4.69, 9.17) is 20.8 Å². The molecule has 0 spiro atoms. The molecule has 0 unspecified atom stereocenters. The van der Waals surface area contributed by atoms with E-state index in [1.54, 1.807) is 30.3 Å². The maximum Gasteiger partial charge on any atom is 0.250 e. The third-order valence-electron chi connectivity index (χ3n) is 3.02. The molecule has 0 aliphatic heterocycles. The number of halogens is 1. The summed E-state index contributed by atoms with van der Waals surface area (Å²) in [4.78, 5) is 15.9. The fourth-order valence-corrected chi connectivity index (χ4v) is 2.27. The molecule has 1 N–H and O–H groups in total. The molecule has 0 bridgehead atoms. The molecular weight excluding hydrogens is 304 g/mol. The minimum absolute atomic E-state index is 0.00458. The van der Waals surface area contributed by atoms with Gasteiger partial charge in [-0.3, -0.25) is 4.79 Å². The van der Waals surface area contributed by atoms with Crippen molar-refractivity contribution >= 4 is 34.3 Å². The first kappa shape index (κ1) is 14.6. The highest BCUT2D eigenvalue weighted by molar-refractivity contribution is 6.30. The number of benzene rings is 2. The van der Waals surface area contributed by atoms with Crippen LogP contribution in [0.3, 0.4) is 0 Å². The molecule has 0 saturated carbocycles. The second kappa shape index (κ2) is 6.17. The standard InChI is InChI=1S/C16H13ClN2O3/c1-21-9-15(20)18-12-5-6-14-13(8-12)19-16(22-14)10-3-2-4-11(17)7-10/h2-8H,9H2,1H3,(H,18,20). The van der Waals surface area contributed by atoms with E-state index < -0.39 is 0 Å². The van der Waals surface area contributed by atoms with E-state index in [0.29, 0.717) is 27.7 Å². The zero-order valence-electron chi connectivity index (χ0n) is 11.8. The zero-order valence-corrected chi connectivity index (χ0v) is 12.6. The van der Waals surface area contributed by atoms with Crippen LogP contribution in [0.4, 0.5) is 5.69 Å². The van der Waals surface area contributed by atoms with Gasteiger partial charge in [0.15, 0.2) is 5.58 Å². The summed E-state index contributed by atoms with van der Waals surface area (Å²) in [5.41, 5.74) is 2.74. The van der Waals surface area contributed by atoms with Crippen LogP contribution in [0.1, 0.15) is 0 Å². The van der Waals surface area contributed by atoms with Gasteiger partial charge in [-0.05, 0) is 36.4 Å². The number of carbonyl (C=O) groups excluding carboxylic acids is 1. The summed E-state index contributed by atoms with van der Waals surface area (Å²) in [7, 11) is 1.47. The van der Waals surface area contributed by atoms with Crippen molar-refractivity contribution in [3.63, 3.8) is 0 Å². The lowest BCUT2D eigenvalue weighted by Crippen LogP contribution is -2.16. The molecule has 6 heteroatoms. The minimum Gasteiger partial charge on any atom is -0.436 e. The predicted molar refractivity (Wildman–Crippen MR) is 85.0 cm³/mol. The third kappa shape index (κ3) is 3.10. The number of nitrogens with one attached hydrogen (secondary N) is 1. The second-order valence-electron chi connectivity index (χ2n) is 4.69. The Bertz CT molecular complexity index is 829. The number of hydrogen-bond donors (Lipinski definition) is 1. The lowest BCUT2D eigenvalue weighted by atomic mass is 10.2. The first-order valence-electron chi connectivity index (χ1n) is 6.61. The SMILES string of the molecule is COCC(=O)Nc1ccc2oc(-c3cccc(Cl)c3)nc2c1. The fraction of sp³-hybridized carbons (Fsp3) is 0.125. The van der Waals surface area contributed by atoms with Crippen molar-refractivity contribution in [1.82, 2.24) is 4.98 Å². The number of aromatic nitrogens is 1. The summed E-state index contributed by atoms with van der Waals surface area (Å²) in [5, 5.41) is 3.34. The van der Waals surface area contributed by atoms with Crippen molar-refractivity contribution in [2.45, 2.75) is 0 Å². The van der Waals surface area contributed by atoms with Gasteiger partial charge in [0.1, 0.15) is 12.1 Å². The summed E-state index contributed by atoms with van der Waals surface area (Å²) >= 11 is 5.98. The van der Waals surface area contributed by atoms with Crippen molar-refractivity contribution in [2.75, 3.05) is 19.0 Å². The normalized spacial score (nSPS) is 10.8. The maximum atomic E-state index is 11.5. The summed E-state index contributed by atoms with van der Waals surface area (Å²) in [6.07, 6.45) is 0. The molecule has 0 atom stereocenters. The lowest BCUT2D eigenvalue weighted by Gasteiger charge is -2.03. The Hall–Kier alpha value is -2.37. The van der Waals surface area contributed by atoms with Crippen molar-refractivity contribution in [3.8, 4) is 11.5 Å². The number of rotatable bonds is 4. The topological polar surface area (TPSA) is 64.4 Å². The average Bonchev–Trinajstić information content (AvgIpc) is 2.90. The van der Waals surface area contributed by atoms with E-state index in [1.807, 2.05) is 12.1 Å². The minimum atomic E-state index is -0.222. The third-order valence-corrected chi connectivity index (χ3v) is 3.25. The molecule has 22 heavy (non-hydrogen) atoms. The van der Waals surface area contributed by atoms with Crippen molar-refractivity contribution < 1.29 is 13.9 Å². The lowest BCUT2D eigenvalue weighted by molar-refractivity contribution is -0.119. The predicted octanol–water partition coefficient (Wildman–Crippen LogP) is 3.73. The molecule has 5 nitrogen and oxygen atoms in total. The van der Waals surface area contributed by atoms with Crippen LogP contribution in [0.25, 0.3) is 22.6 Å². The van der Waals surface area contributed by atoms with Crippen LogP contribution in [-0.2, 0) is 9.53 Å². The Morgan fingerprint density at radius 2 is 2.18 bits per heavy atom. The van der Waals surface area contributed by atoms with Crippen LogP contribution in [0, 0.1) is 0 Å². The van der Waals surface area contributed by atoms with Gasteiger partial charge in [0, 0.05) is 23.4 Å². The molecule has 1 heterocycles. The molecule has 112 valence electrons. The molecular formula is C16H13ClN2O3. The van der Waals surface area contributed by atoms with Crippen LogP contribution < -0.4 is 5.32 Å². The molecule has 0 fully saturated rings. The van der Waals surface area contributed by atoms with E-state index >= 15 is 0 Å². The monoisotopic (exact) mass is 316 g/mol. The largest absolute Gasteiger partial charge is 0.436 e. The molecule has 0 saturated heterocycles. The maximum absolute atomic E-state index is 11.5. The van der Waals surface area contributed by atoms with Gasteiger partial charge in [-0.2, -0.15) is 0 Å². The highest BCUT2D eigenvalue weighted by Gasteiger charge is 2.10. The van der Waals surface area contributed by atoms with E-state index in [9.17, 15) is 4.79 Å². The number of oxazole rings is 1. The average molecular weight is 317 g/mol. The second-order valence-corrected chi connectivity index (χ2v) is 5.13. The van der Waals surface area contributed by atoms with Gasteiger partial charge in [-0.15, -0.1) is 0 Å². The Balaban J connectivity index is 1.92. The van der Waals surface area contributed by atoms with Gasteiger partial charge in [-0.25, -0.2) is 4.98 Å². The summed E-state index contributed by atoms with van der Waals surface area (Å²) in [6, 6.07) is 12.5. The Kier molecular flexibility index (Phi) is 4.09. The van der Waals surface area contributed by atoms with Gasteiger partial charge < -0.3 is 14.5 Å². The molecule has 1 aromatic heterocycles. The number of ether oxygens (including phenoxy) is 1. The van der Waals surface area contributed by atoms with E-state index in [2.05, 4.69) is 10.3 Å². The van der Waals surface area contributed by atoms with Crippen LogP contribution >= 0.6 is 11.6 Å². The molecule has 1 amide bonds. The summed E-state index contributed by atoms with van der Waals surface area (Å²) in [5.74, 6) is 0.262. The Morgan fingerprint density at radius 3 is 2.95 bits per heavy atom. The van der Waals surface area contributed by atoms with Gasteiger partial charge in [0.2, 0.25) is 11.8 Å². The van der Waals surface area contributed by atoms with Crippen LogP contribution in [0.5, 0.6) is 0 Å². The molecule has 3 rings (SSSR count). The summed E-state index contributed by atoms with van der Waals surface area (Å²) in [6.45, 7) is 0.00458. The van der Waals surface area contributed by atoms with Crippen molar-refractivity contribution in [3.05, 3.63) is 47.5 Å². The van der Waals surface area contributed by atoms with Gasteiger partial charge in [0.05, 0.1) is 0 Å². The zero-order chi connectivity index (χ0) is 15.5. The highest BCUT2D eigenvalue weighted by atomic mass is 35.5. The Labute approximate surface area is 131 Å². The molecule has 0 radical (unpaired) electrons. The van der Waals surface area contributed by atoms with Gasteiger partial charge in [-0.1, -0.05) is 17.7 Å².